The number of isocyanates is 1. The first kappa shape index (κ1) is 7.47. The molecule has 0 saturated heterocycles. The highest BCUT2D eigenvalue weighted by Crippen LogP contribution is 1.97. The SMILES string of the molecule is CC=C(S)CN=C=O. The van der Waals surface area contributed by atoms with Crippen LogP contribution in [0, 0.1) is 0 Å². The predicted octanol–water partition coefficient (Wildman–Crippen LogP) is 1.16. The van der Waals surface area contributed by atoms with E-state index in [0.717, 1.165) is 4.91 Å². The lowest BCUT2D eigenvalue weighted by molar-refractivity contribution is 0.564. The molecule has 2 nitrogen and oxygen atoms in total. The first-order valence-corrected chi connectivity index (χ1v) is 2.63. The molecule has 0 bridgehead atoms. The molecule has 0 fully saturated rings. The summed E-state index contributed by atoms with van der Waals surface area (Å²) in [7, 11) is 0. The number of carbonyl (C=O) groups excluding carboxylic acids is 1. The summed E-state index contributed by atoms with van der Waals surface area (Å²) in [6.45, 7) is 2.19. The average Bonchev–Trinajstić information content (AvgIpc) is 1.83. The minimum absolute atomic E-state index is 0.350. The Balaban J connectivity index is 3.55. The fourth-order valence-corrected chi connectivity index (χ4v) is 0.275. The number of aliphatic imine (C=N–C) groups is 1. The van der Waals surface area contributed by atoms with Crippen molar-refractivity contribution in [1.29, 1.82) is 0 Å². The van der Waals surface area contributed by atoms with Crippen molar-refractivity contribution in [3.63, 3.8) is 0 Å². The molecule has 0 radical (unpaired) electrons. The maximum Gasteiger partial charge on any atom is 0.235 e. The zero-order valence-electron chi connectivity index (χ0n) is 4.59. The minimum Gasteiger partial charge on any atom is -0.211 e. The Hall–Kier alpha value is -0.530. The molecule has 0 aromatic carbocycles. The van der Waals surface area contributed by atoms with Crippen LogP contribution in [0.3, 0.4) is 0 Å². The molecular weight excluding hydrogens is 122 g/mol. The summed E-state index contributed by atoms with van der Waals surface area (Å²) in [5.41, 5.74) is 0. The number of allylic oxidation sites excluding steroid dienone is 1. The molecule has 0 aliphatic carbocycles. The quantitative estimate of drug-likeness (QED) is 0.338. The largest absolute Gasteiger partial charge is 0.235 e. The number of thiol groups is 1. The number of nitrogens with zero attached hydrogens (tertiary/aromatic N) is 1. The fraction of sp³-hybridized carbons (Fsp3) is 0.400. The van der Waals surface area contributed by atoms with E-state index in [1.165, 1.54) is 6.08 Å². The third-order valence-electron chi connectivity index (χ3n) is 0.639. The molecule has 0 aromatic heterocycles. The predicted molar refractivity (Wildman–Crippen MR) is 35.7 cm³/mol. The highest BCUT2D eigenvalue weighted by Gasteiger charge is 1.80. The molecule has 0 spiro atoms. The summed E-state index contributed by atoms with van der Waals surface area (Å²) >= 11 is 3.95. The van der Waals surface area contributed by atoms with Crippen LogP contribution in [0.25, 0.3) is 0 Å². The maximum absolute atomic E-state index is 9.47. The van der Waals surface area contributed by atoms with Crippen LogP contribution in [0.15, 0.2) is 16.0 Å². The summed E-state index contributed by atoms with van der Waals surface area (Å²) in [4.78, 5) is 13.6. The highest BCUT2D eigenvalue weighted by molar-refractivity contribution is 7.84. The summed E-state index contributed by atoms with van der Waals surface area (Å²) in [6, 6.07) is 0. The summed E-state index contributed by atoms with van der Waals surface area (Å²) in [5.74, 6) is 0. The molecule has 0 rings (SSSR count). The molecule has 0 unspecified atom stereocenters. The van der Waals surface area contributed by atoms with Crippen LogP contribution in [0.2, 0.25) is 0 Å². The zero-order valence-corrected chi connectivity index (χ0v) is 5.48. The second-order valence-electron chi connectivity index (χ2n) is 1.19. The molecule has 0 aliphatic heterocycles. The van der Waals surface area contributed by atoms with Crippen molar-refractivity contribution in [1.82, 2.24) is 0 Å². The Kier molecular flexibility index (Phi) is 4.32. The van der Waals surface area contributed by atoms with E-state index in [4.69, 9.17) is 0 Å². The number of hydrogen-bond donors (Lipinski definition) is 1. The van der Waals surface area contributed by atoms with Crippen molar-refractivity contribution < 1.29 is 4.79 Å². The molecule has 0 atom stereocenters. The van der Waals surface area contributed by atoms with Crippen molar-refractivity contribution in [2.75, 3.05) is 6.54 Å². The first-order valence-electron chi connectivity index (χ1n) is 2.19. The second-order valence-corrected chi connectivity index (χ2v) is 1.76. The van der Waals surface area contributed by atoms with E-state index in [-0.39, 0.29) is 0 Å². The van der Waals surface area contributed by atoms with Gasteiger partial charge in [-0.05, 0) is 11.8 Å². The second kappa shape index (κ2) is 4.62. The van der Waals surface area contributed by atoms with Gasteiger partial charge in [0.15, 0.2) is 0 Å². The van der Waals surface area contributed by atoms with Gasteiger partial charge in [-0.1, -0.05) is 6.08 Å². The topological polar surface area (TPSA) is 29.4 Å². The number of hydrogen-bond acceptors (Lipinski definition) is 3. The van der Waals surface area contributed by atoms with Crippen LogP contribution in [0.5, 0.6) is 0 Å². The average molecular weight is 129 g/mol. The highest BCUT2D eigenvalue weighted by atomic mass is 32.1. The van der Waals surface area contributed by atoms with Gasteiger partial charge in [0.05, 0.1) is 6.54 Å². The van der Waals surface area contributed by atoms with Gasteiger partial charge in [-0.15, -0.1) is 12.6 Å². The Bertz CT molecular complexity index is 135. The molecule has 8 heavy (non-hydrogen) atoms. The van der Waals surface area contributed by atoms with Gasteiger partial charge in [-0.25, -0.2) is 9.79 Å². The monoisotopic (exact) mass is 129 g/mol. The van der Waals surface area contributed by atoms with E-state index in [9.17, 15) is 4.79 Å². The first-order chi connectivity index (χ1) is 3.81. The molecule has 3 heteroatoms. The van der Waals surface area contributed by atoms with Crippen LogP contribution in [-0.4, -0.2) is 12.6 Å². The van der Waals surface area contributed by atoms with Crippen molar-refractivity contribution >= 4 is 18.7 Å². The Morgan fingerprint density at radius 3 is 3.00 bits per heavy atom. The Morgan fingerprint density at radius 1 is 2.00 bits per heavy atom. The van der Waals surface area contributed by atoms with E-state index in [1.807, 2.05) is 6.92 Å². The molecule has 0 N–H and O–H groups in total. The molecular formula is C5H7NOS. The normalized spacial score (nSPS) is 10.5. The van der Waals surface area contributed by atoms with Crippen LogP contribution in [0.1, 0.15) is 6.92 Å². The van der Waals surface area contributed by atoms with Crippen molar-refractivity contribution in [3.05, 3.63) is 11.0 Å². The van der Waals surface area contributed by atoms with Gasteiger partial charge in [-0.2, -0.15) is 0 Å². The summed E-state index contributed by atoms with van der Waals surface area (Å²) < 4.78 is 0. The van der Waals surface area contributed by atoms with Gasteiger partial charge >= 0.3 is 0 Å². The van der Waals surface area contributed by atoms with E-state index in [1.54, 1.807) is 6.08 Å². The summed E-state index contributed by atoms with van der Waals surface area (Å²) in [6.07, 6.45) is 3.20. The molecule has 0 aliphatic rings. The lowest BCUT2D eigenvalue weighted by atomic mass is 10.5. The van der Waals surface area contributed by atoms with E-state index < -0.39 is 0 Å². The molecule has 0 heterocycles. The van der Waals surface area contributed by atoms with Gasteiger partial charge in [0.25, 0.3) is 0 Å². The lowest BCUT2D eigenvalue weighted by Crippen LogP contribution is -1.75. The van der Waals surface area contributed by atoms with E-state index >= 15 is 0 Å². The van der Waals surface area contributed by atoms with Gasteiger partial charge in [-0.3, -0.25) is 0 Å². The smallest absolute Gasteiger partial charge is 0.211 e. The standard InChI is InChI=1S/C5H7NOS/c1-2-5(8)3-6-4-7/h2,8H,3H2,1H3. The molecule has 0 aromatic rings. The minimum atomic E-state index is 0.350. The molecule has 0 amide bonds. The summed E-state index contributed by atoms with van der Waals surface area (Å²) in [5, 5.41) is 0. The van der Waals surface area contributed by atoms with Gasteiger partial charge in [0, 0.05) is 0 Å². The van der Waals surface area contributed by atoms with Crippen molar-refractivity contribution in [3.8, 4) is 0 Å². The molecule has 0 saturated carbocycles. The van der Waals surface area contributed by atoms with Gasteiger partial charge < -0.3 is 0 Å². The fourth-order valence-electron chi connectivity index (χ4n) is 0.205. The van der Waals surface area contributed by atoms with Gasteiger partial charge in [0.2, 0.25) is 6.08 Å². The Morgan fingerprint density at radius 2 is 2.62 bits per heavy atom. The van der Waals surface area contributed by atoms with E-state index in [0.29, 0.717) is 6.54 Å². The van der Waals surface area contributed by atoms with Crippen LogP contribution in [-0.2, 0) is 4.79 Å². The lowest BCUT2D eigenvalue weighted by Gasteiger charge is -1.84. The van der Waals surface area contributed by atoms with Crippen LogP contribution < -0.4 is 0 Å². The third-order valence-corrected chi connectivity index (χ3v) is 1.04. The van der Waals surface area contributed by atoms with Gasteiger partial charge in [0.1, 0.15) is 0 Å². The third kappa shape index (κ3) is 3.65. The van der Waals surface area contributed by atoms with Crippen molar-refractivity contribution in [2.24, 2.45) is 4.99 Å². The van der Waals surface area contributed by atoms with Crippen LogP contribution >= 0.6 is 12.6 Å². The van der Waals surface area contributed by atoms with Crippen molar-refractivity contribution in [2.45, 2.75) is 6.92 Å². The maximum atomic E-state index is 9.47. The number of rotatable bonds is 2. The Labute approximate surface area is 53.7 Å². The molecule has 44 valence electrons. The van der Waals surface area contributed by atoms with Crippen LogP contribution in [0.4, 0.5) is 0 Å². The van der Waals surface area contributed by atoms with E-state index in [2.05, 4.69) is 17.6 Å². The zero-order chi connectivity index (χ0) is 6.41.